The maximum atomic E-state index is 12.3. The Labute approximate surface area is 128 Å². The van der Waals surface area contributed by atoms with E-state index in [1.165, 1.54) is 11.8 Å². The predicted molar refractivity (Wildman–Crippen MR) is 82.3 cm³/mol. The van der Waals surface area contributed by atoms with E-state index in [0.717, 1.165) is 0 Å². The number of amides is 2. The minimum atomic E-state index is -0.00127. The third-order valence-electron chi connectivity index (χ3n) is 3.28. The summed E-state index contributed by atoms with van der Waals surface area (Å²) in [4.78, 5) is 27.7. The van der Waals surface area contributed by atoms with E-state index in [-0.39, 0.29) is 11.8 Å². The molecule has 0 aliphatic carbocycles. The molecule has 0 radical (unpaired) electrons. The Kier molecular flexibility index (Phi) is 5.31. The molecule has 0 bridgehead atoms. The Morgan fingerprint density at radius 1 is 1.10 bits per heavy atom. The summed E-state index contributed by atoms with van der Waals surface area (Å²) in [5, 5.41) is 0.619. The number of carbonyl (C=O) groups excluding carboxylic acids is 2. The third kappa shape index (κ3) is 3.67. The van der Waals surface area contributed by atoms with Gasteiger partial charge in [0.2, 0.25) is 5.91 Å². The Morgan fingerprint density at radius 2 is 1.65 bits per heavy atom. The third-order valence-corrected chi connectivity index (χ3v) is 4.07. The van der Waals surface area contributed by atoms with E-state index in [0.29, 0.717) is 42.5 Å². The molecule has 0 saturated carbocycles. The molecule has 0 atom stereocenters. The smallest absolute Gasteiger partial charge is 0.253 e. The molecule has 1 aromatic carbocycles. The monoisotopic (exact) mass is 312 g/mol. The number of halogens is 1. The van der Waals surface area contributed by atoms with Gasteiger partial charge in [-0.3, -0.25) is 9.59 Å². The van der Waals surface area contributed by atoms with Gasteiger partial charge in [0, 0.05) is 36.8 Å². The Morgan fingerprint density at radius 3 is 2.20 bits per heavy atom. The maximum Gasteiger partial charge on any atom is 0.253 e. The van der Waals surface area contributed by atoms with Gasteiger partial charge < -0.3 is 9.80 Å². The van der Waals surface area contributed by atoms with Crippen molar-refractivity contribution >= 4 is 35.2 Å². The molecule has 0 aromatic heterocycles. The summed E-state index contributed by atoms with van der Waals surface area (Å²) in [6.45, 7) is 2.39. The van der Waals surface area contributed by atoms with Crippen LogP contribution in [0.15, 0.2) is 24.3 Å². The van der Waals surface area contributed by atoms with Crippen LogP contribution in [-0.4, -0.2) is 59.8 Å². The van der Waals surface area contributed by atoms with Crippen LogP contribution in [0.4, 0.5) is 0 Å². The zero-order valence-corrected chi connectivity index (χ0v) is 12.9. The molecule has 2 amide bonds. The van der Waals surface area contributed by atoms with Gasteiger partial charge in [0.1, 0.15) is 0 Å². The van der Waals surface area contributed by atoms with Crippen LogP contribution in [0.3, 0.4) is 0 Å². The fourth-order valence-corrected chi connectivity index (χ4v) is 2.70. The van der Waals surface area contributed by atoms with E-state index in [4.69, 9.17) is 11.6 Å². The maximum absolute atomic E-state index is 12.3. The van der Waals surface area contributed by atoms with Gasteiger partial charge in [-0.05, 0) is 30.5 Å². The molecule has 6 heteroatoms. The first kappa shape index (κ1) is 15.2. The highest BCUT2D eigenvalue weighted by Gasteiger charge is 2.24. The summed E-state index contributed by atoms with van der Waals surface area (Å²) in [6, 6.07) is 6.89. The first-order valence-electron chi connectivity index (χ1n) is 6.43. The number of hydrogen-bond acceptors (Lipinski definition) is 3. The summed E-state index contributed by atoms with van der Waals surface area (Å²) < 4.78 is 0. The van der Waals surface area contributed by atoms with Gasteiger partial charge in [-0.25, -0.2) is 0 Å². The average molecular weight is 313 g/mol. The van der Waals surface area contributed by atoms with Crippen molar-refractivity contribution in [3.05, 3.63) is 34.9 Å². The summed E-state index contributed by atoms with van der Waals surface area (Å²) in [7, 11) is 0. The van der Waals surface area contributed by atoms with Gasteiger partial charge >= 0.3 is 0 Å². The Hall–Kier alpha value is -1.20. The van der Waals surface area contributed by atoms with Crippen molar-refractivity contribution in [1.82, 2.24) is 9.80 Å². The molecule has 1 aliphatic heterocycles. The second kappa shape index (κ2) is 6.99. The van der Waals surface area contributed by atoms with Crippen molar-refractivity contribution in [1.29, 1.82) is 0 Å². The van der Waals surface area contributed by atoms with Gasteiger partial charge in [-0.1, -0.05) is 11.6 Å². The second-order valence-corrected chi connectivity index (χ2v) is 5.92. The highest BCUT2D eigenvalue weighted by Crippen LogP contribution is 2.13. The van der Waals surface area contributed by atoms with E-state index in [2.05, 4.69) is 0 Å². The largest absolute Gasteiger partial charge is 0.338 e. The van der Waals surface area contributed by atoms with Crippen molar-refractivity contribution in [3.8, 4) is 0 Å². The molecule has 4 nitrogen and oxygen atoms in total. The van der Waals surface area contributed by atoms with Crippen LogP contribution < -0.4 is 0 Å². The summed E-state index contributed by atoms with van der Waals surface area (Å²) in [5.41, 5.74) is 0.637. The van der Waals surface area contributed by atoms with Crippen molar-refractivity contribution < 1.29 is 9.59 Å². The first-order valence-corrected chi connectivity index (χ1v) is 8.20. The molecule has 20 heavy (non-hydrogen) atoms. The number of carbonyl (C=O) groups is 2. The highest BCUT2D eigenvalue weighted by atomic mass is 35.5. The lowest BCUT2D eigenvalue weighted by atomic mass is 10.2. The van der Waals surface area contributed by atoms with Gasteiger partial charge in [0.15, 0.2) is 0 Å². The number of thioether (sulfide) groups is 1. The van der Waals surface area contributed by atoms with Gasteiger partial charge in [0.05, 0.1) is 5.75 Å². The summed E-state index contributed by atoms with van der Waals surface area (Å²) in [5.74, 6) is 0.653. The van der Waals surface area contributed by atoms with Crippen LogP contribution >= 0.6 is 23.4 Å². The lowest BCUT2D eigenvalue weighted by Gasteiger charge is -2.34. The van der Waals surface area contributed by atoms with Crippen molar-refractivity contribution in [2.24, 2.45) is 0 Å². The van der Waals surface area contributed by atoms with E-state index in [1.807, 2.05) is 11.2 Å². The van der Waals surface area contributed by atoms with E-state index in [1.54, 1.807) is 29.2 Å². The molecular weight excluding hydrogens is 296 g/mol. The molecular formula is C14H17ClN2O2S. The number of rotatable bonds is 3. The van der Waals surface area contributed by atoms with Crippen LogP contribution in [0.25, 0.3) is 0 Å². The van der Waals surface area contributed by atoms with Crippen LogP contribution in [0.1, 0.15) is 10.4 Å². The van der Waals surface area contributed by atoms with E-state index >= 15 is 0 Å². The number of benzene rings is 1. The molecule has 1 fully saturated rings. The minimum absolute atomic E-state index is 0.00127. The quantitative estimate of drug-likeness (QED) is 0.857. The Bertz CT molecular complexity index is 484. The molecule has 0 unspecified atom stereocenters. The zero-order chi connectivity index (χ0) is 14.5. The van der Waals surface area contributed by atoms with Crippen molar-refractivity contribution in [2.75, 3.05) is 38.2 Å². The molecule has 2 rings (SSSR count). The van der Waals surface area contributed by atoms with Gasteiger partial charge in [-0.15, -0.1) is 0 Å². The van der Waals surface area contributed by atoms with Gasteiger partial charge in [0.25, 0.3) is 5.91 Å². The second-order valence-electron chi connectivity index (χ2n) is 4.61. The molecule has 1 heterocycles. The van der Waals surface area contributed by atoms with Crippen LogP contribution in [0.2, 0.25) is 5.02 Å². The fraction of sp³-hybridized carbons (Fsp3) is 0.429. The van der Waals surface area contributed by atoms with E-state index < -0.39 is 0 Å². The lowest BCUT2D eigenvalue weighted by molar-refractivity contribution is -0.129. The van der Waals surface area contributed by atoms with Crippen LogP contribution in [0, 0.1) is 0 Å². The van der Waals surface area contributed by atoms with Crippen molar-refractivity contribution in [3.63, 3.8) is 0 Å². The average Bonchev–Trinajstić information content (AvgIpc) is 2.48. The minimum Gasteiger partial charge on any atom is -0.338 e. The number of piperazine rings is 1. The zero-order valence-electron chi connectivity index (χ0n) is 11.3. The predicted octanol–water partition coefficient (Wildman–Crippen LogP) is 1.99. The summed E-state index contributed by atoms with van der Waals surface area (Å²) >= 11 is 7.34. The molecule has 1 aromatic rings. The molecule has 1 aliphatic rings. The Balaban J connectivity index is 1.92. The lowest BCUT2D eigenvalue weighted by Crippen LogP contribution is -2.51. The number of nitrogens with zero attached hydrogens (tertiary/aromatic N) is 2. The van der Waals surface area contributed by atoms with E-state index in [9.17, 15) is 9.59 Å². The topological polar surface area (TPSA) is 40.6 Å². The number of hydrogen-bond donors (Lipinski definition) is 0. The van der Waals surface area contributed by atoms with Crippen LogP contribution in [0.5, 0.6) is 0 Å². The highest BCUT2D eigenvalue weighted by molar-refractivity contribution is 7.99. The summed E-state index contributed by atoms with van der Waals surface area (Å²) in [6.07, 6.45) is 1.91. The SMILES string of the molecule is CSCC(=O)N1CCN(C(=O)c2ccc(Cl)cc2)CC1. The molecule has 1 saturated heterocycles. The van der Waals surface area contributed by atoms with Crippen LogP contribution in [-0.2, 0) is 4.79 Å². The fourth-order valence-electron chi connectivity index (χ4n) is 2.15. The normalized spacial score (nSPS) is 15.3. The first-order chi connectivity index (χ1) is 9.61. The molecule has 0 spiro atoms. The molecule has 0 N–H and O–H groups in total. The molecule has 108 valence electrons. The standard InChI is InChI=1S/C14H17ClN2O2S/c1-20-10-13(18)16-6-8-17(9-7-16)14(19)11-2-4-12(15)5-3-11/h2-5H,6-10H2,1H3. The van der Waals surface area contributed by atoms with Crippen molar-refractivity contribution in [2.45, 2.75) is 0 Å². The van der Waals surface area contributed by atoms with Gasteiger partial charge in [-0.2, -0.15) is 11.8 Å².